The smallest absolute Gasteiger partial charge is 0.145 e. The zero-order valence-corrected chi connectivity index (χ0v) is 12.2. The van der Waals surface area contributed by atoms with Gasteiger partial charge in [0.1, 0.15) is 17.8 Å². The van der Waals surface area contributed by atoms with E-state index in [1.807, 2.05) is 31.7 Å². The summed E-state index contributed by atoms with van der Waals surface area (Å²) < 4.78 is 2.03. The predicted molar refractivity (Wildman–Crippen MR) is 80.4 cm³/mol. The Morgan fingerprint density at radius 3 is 2.63 bits per heavy atom. The molecule has 1 aliphatic carbocycles. The minimum absolute atomic E-state index is 0.585. The van der Waals surface area contributed by atoms with Crippen molar-refractivity contribution in [2.24, 2.45) is 7.05 Å². The highest BCUT2D eigenvalue weighted by atomic mass is 15.1. The zero-order valence-electron chi connectivity index (χ0n) is 12.2. The summed E-state index contributed by atoms with van der Waals surface area (Å²) in [6, 6.07) is 2.67. The van der Waals surface area contributed by atoms with Crippen LogP contribution in [0.25, 0.3) is 11.0 Å². The fourth-order valence-electron chi connectivity index (χ4n) is 2.63. The maximum Gasteiger partial charge on any atom is 0.145 e. The van der Waals surface area contributed by atoms with E-state index < -0.39 is 0 Å². The first-order valence-corrected chi connectivity index (χ1v) is 7.37. The van der Waals surface area contributed by atoms with Gasteiger partial charge >= 0.3 is 0 Å². The summed E-state index contributed by atoms with van der Waals surface area (Å²) in [5.74, 6) is 0.988. The highest BCUT2D eigenvalue weighted by Crippen LogP contribution is 2.24. The molecule has 0 spiro atoms. The van der Waals surface area contributed by atoms with Crippen molar-refractivity contribution in [2.75, 3.05) is 5.32 Å². The van der Waals surface area contributed by atoms with E-state index in [1.54, 1.807) is 6.33 Å². The van der Waals surface area contributed by atoms with Crippen molar-refractivity contribution in [3.8, 4) is 0 Å². The van der Waals surface area contributed by atoms with Gasteiger partial charge in [-0.25, -0.2) is 9.97 Å². The lowest BCUT2D eigenvalue weighted by Crippen LogP contribution is -2.22. The van der Waals surface area contributed by atoms with Crippen LogP contribution in [0.1, 0.15) is 46.0 Å². The van der Waals surface area contributed by atoms with Gasteiger partial charge in [-0.3, -0.25) is 0 Å². The second-order valence-electron chi connectivity index (χ2n) is 4.87. The van der Waals surface area contributed by atoms with Gasteiger partial charge in [0.25, 0.3) is 0 Å². The van der Waals surface area contributed by atoms with Crippen LogP contribution in [0.15, 0.2) is 18.6 Å². The van der Waals surface area contributed by atoms with Crippen molar-refractivity contribution in [1.29, 1.82) is 0 Å². The van der Waals surface area contributed by atoms with E-state index in [0.717, 1.165) is 16.9 Å². The van der Waals surface area contributed by atoms with E-state index in [2.05, 4.69) is 21.4 Å². The van der Waals surface area contributed by atoms with Crippen molar-refractivity contribution >= 4 is 16.9 Å². The van der Waals surface area contributed by atoms with Crippen molar-refractivity contribution < 1.29 is 0 Å². The molecular formula is C15H24N4. The lowest BCUT2D eigenvalue weighted by Gasteiger charge is -2.23. The minimum Gasteiger partial charge on any atom is -0.367 e. The highest BCUT2D eigenvalue weighted by molar-refractivity contribution is 5.87. The quantitative estimate of drug-likeness (QED) is 0.894. The highest BCUT2D eigenvalue weighted by Gasteiger charge is 2.15. The summed E-state index contributed by atoms with van der Waals surface area (Å²) in [5, 5.41) is 4.70. The van der Waals surface area contributed by atoms with E-state index >= 15 is 0 Å². The number of nitrogens with one attached hydrogen (secondary N) is 1. The van der Waals surface area contributed by atoms with Crippen LogP contribution in [-0.2, 0) is 7.05 Å². The Morgan fingerprint density at radius 2 is 1.89 bits per heavy atom. The van der Waals surface area contributed by atoms with Gasteiger partial charge in [0.2, 0.25) is 0 Å². The van der Waals surface area contributed by atoms with Crippen molar-refractivity contribution in [3.05, 3.63) is 18.6 Å². The van der Waals surface area contributed by atoms with Gasteiger partial charge in [-0.1, -0.05) is 33.1 Å². The summed E-state index contributed by atoms with van der Waals surface area (Å²) >= 11 is 0. The molecule has 4 nitrogen and oxygen atoms in total. The fourth-order valence-corrected chi connectivity index (χ4v) is 2.63. The van der Waals surface area contributed by atoms with Gasteiger partial charge in [0.15, 0.2) is 0 Å². The van der Waals surface area contributed by atoms with Crippen LogP contribution in [-0.4, -0.2) is 20.6 Å². The van der Waals surface area contributed by atoms with Gasteiger partial charge in [0.05, 0.1) is 5.39 Å². The Morgan fingerprint density at radius 1 is 1.16 bits per heavy atom. The minimum atomic E-state index is 0.585. The maximum atomic E-state index is 4.38. The number of aromatic nitrogens is 3. The first-order chi connectivity index (χ1) is 9.34. The molecule has 1 saturated carbocycles. The molecule has 1 aliphatic rings. The normalized spacial score (nSPS) is 15.9. The summed E-state index contributed by atoms with van der Waals surface area (Å²) in [7, 11) is 2.01. The van der Waals surface area contributed by atoms with Crippen LogP contribution < -0.4 is 5.32 Å². The summed E-state index contributed by atoms with van der Waals surface area (Å²) in [6.07, 6.45) is 10.2. The fraction of sp³-hybridized carbons (Fsp3) is 0.600. The van der Waals surface area contributed by atoms with Crippen molar-refractivity contribution in [1.82, 2.24) is 14.5 Å². The van der Waals surface area contributed by atoms with Crippen LogP contribution in [0.3, 0.4) is 0 Å². The molecular weight excluding hydrogens is 236 g/mol. The third kappa shape index (κ3) is 3.06. The SMILES string of the molecule is CC.Cn1ccc2c(NC3CCCCC3)ncnc21. The van der Waals surface area contributed by atoms with Crippen LogP contribution in [0, 0.1) is 0 Å². The first kappa shape index (κ1) is 13.8. The number of hydrogen-bond acceptors (Lipinski definition) is 3. The maximum absolute atomic E-state index is 4.38. The molecule has 1 N–H and O–H groups in total. The van der Waals surface area contributed by atoms with Gasteiger partial charge in [-0.05, 0) is 18.9 Å². The van der Waals surface area contributed by atoms with Crippen LogP contribution >= 0.6 is 0 Å². The zero-order chi connectivity index (χ0) is 13.7. The molecule has 0 bridgehead atoms. The molecule has 3 rings (SSSR count). The summed E-state index contributed by atoms with van der Waals surface area (Å²) in [4.78, 5) is 8.69. The molecule has 104 valence electrons. The molecule has 0 saturated heterocycles. The molecule has 0 unspecified atom stereocenters. The molecule has 2 heterocycles. The second kappa shape index (κ2) is 6.55. The van der Waals surface area contributed by atoms with E-state index in [9.17, 15) is 0 Å². The van der Waals surface area contributed by atoms with E-state index in [-0.39, 0.29) is 0 Å². The number of fused-ring (bicyclic) bond motifs is 1. The summed E-state index contributed by atoms with van der Waals surface area (Å²) in [5.41, 5.74) is 0.998. The first-order valence-electron chi connectivity index (χ1n) is 7.37. The standard InChI is InChI=1S/C13H18N4.C2H6/c1-17-8-7-11-12(14-9-15-13(11)17)16-10-5-3-2-4-6-10;1-2/h7-10H,2-6H2,1H3,(H,14,15,16);1-2H3. The molecule has 1 fully saturated rings. The number of nitrogens with zero attached hydrogens (tertiary/aromatic N) is 3. The van der Waals surface area contributed by atoms with Crippen LogP contribution in [0.2, 0.25) is 0 Å². The molecule has 0 radical (unpaired) electrons. The predicted octanol–water partition coefficient (Wildman–Crippen LogP) is 3.74. The molecule has 0 aromatic carbocycles. The van der Waals surface area contributed by atoms with Gasteiger partial charge in [0, 0.05) is 19.3 Å². The van der Waals surface area contributed by atoms with E-state index in [4.69, 9.17) is 0 Å². The average molecular weight is 260 g/mol. The van der Waals surface area contributed by atoms with Crippen LogP contribution in [0.4, 0.5) is 5.82 Å². The summed E-state index contributed by atoms with van der Waals surface area (Å²) in [6.45, 7) is 4.00. The van der Waals surface area contributed by atoms with E-state index in [1.165, 1.54) is 32.1 Å². The number of hydrogen-bond donors (Lipinski definition) is 1. The van der Waals surface area contributed by atoms with Gasteiger partial charge in [-0.2, -0.15) is 0 Å². The molecule has 19 heavy (non-hydrogen) atoms. The molecule has 2 aromatic heterocycles. The topological polar surface area (TPSA) is 42.7 Å². The van der Waals surface area contributed by atoms with E-state index in [0.29, 0.717) is 6.04 Å². The third-order valence-electron chi connectivity index (χ3n) is 3.61. The van der Waals surface area contributed by atoms with Gasteiger partial charge in [-0.15, -0.1) is 0 Å². The second-order valence-corrected chi connectivity index (χ2v) is 4.87. The lowest BCUT2D eigenvalue weighted by molar-refractivity contribution is 0.462. The van der Waals surface area contributed by atoms with Crippen molar-refractivity contribution in [3.63, 3.8) is 0 Å². The Labute approximate surface area is 115 Å². The number of aryl methyl sites for hydroxylation is 1. The Kier molecular flexibility index (Phi) is 4.77. The molecule has 0 amide bonds. The van der Waals surface area contributed by atoms with Crippen LogP contribution in [0.5, 0.6) is 0 Å². The molecule has 0 aliphatic heterocycles. The Hall–Kier alpha value is -1.58. The molecule has 0 atom stereocenters. The largest absolute Gasteiger partial charge is 0.367 e. The van der Waals surface area contributed by atoms with Crippen molar-refractivity contribution in [2.45, 2.75) is 52.0 Å². The molecule has 4 heteroatoms. The average Bonchev–Trinajstić information content (AvgIpc) is 2.85. The number of rotatable bonds is 2. The number of anilines is 1. The lowest BCUT2D eigenvalue weighted by atomic mass is 9.95. The third-order valence-corrected chi connectivity index (χ3v) is 3.61. The Balaban J connectivity index is 0.000000637. The van der Waals surface area contributed by atoms with Gasteiger partial charge < -0.3 is 9.88 Å². The monoisotopic (exact) mass is 260 g/mol. The Bertz CT molecular complexity index is 512. The molecule has 2 aromatic rings.